The first-order valence-corrected chi connectivity index (χ1v) is 8.83. The van der Waals surface area contributed by atoms with Crippen molar-refractivity contribution in [3.05, 3.63) is 53.0 Å². The molecule has 0 saturated carbocycles. The molecule has 0 unspecified atom stereocenters. The van der Waals surface area contributed by atoms with E-state index in [4.69, 9.17) is 0 Å². The number of anilines is 2. The van der Waals surface area contributed by atoms with Crippen LogP contribution in [0.15, 0.2) is 53.0 Å². The van der Waals surface area contributed by atoms with Crippen molar-refractivity contribution in [2.75, 3.05) is 42.9 Å². The van der Waals surface area contributed by atoms with E-state index in [1.807, 2.05) is 36.4 Å². The number of rotatable bonds is 4. The fraction of sp³-hybridized carbons (Fsp3) is 0.278. The van der Waals surface area contributed by atoms with Crippen LogP contribution in [0, 0.1) is 0 Å². The molecule has 1 aliphatic rings. The molecule has 0 atom stereocenters. The van der Waals surface area contributed by atoms with Crippen LogP contribution in [-0.4, -0.2) is 43.7 Å². The predicted molar refractivity (Wildman–Crippen MR) is 98.7 cm³/mol. The van der Waals surface area contributed by atoms with Gasteiger partial charge in [0.1, 0.15) is 5.75 Å². The Kier molecular flexibility index (Phi) is 5.37. The highest BCUT2D eigenvalue weighted by atomic mass is 79.9. The monoisotopic (exact) mass is 390 g/mol. The molecule has 6 heteroatoms. The van der Waals surface area contributed by atoms with Gasteiger partial charge in [0, 0.05) is 10.2 Å². The van der Waals surface area contributed by atoms with Gasteiger partial charge in [-0.1, -0.05) is 12.1 Å². The van der Waals surface area contributed by atoms with Gasteiger partial charge >= 0.3 is 0 Å². The molecule has 3 rings (SSSR count). The minimum Gasteiger partial charge on any atom is -0.508 e. The molecule has 126 valence electrons. The van der Waals surface area contributed by atoms with Crippen LogP contribution in [-0.2, 0) is 4.79 Å². The van der Waals surface area contributed by atoms with Crippen LogP contribution in [0.2, 0.25) is 0 Å². The molecule has 1 fully saturated rings. The molecule has 2 aromatic rings. The van der Waals surface area contributed by atoms with Crippen LogP contribution in [0.4, 0.5) is 11.4 Å². The van der Waals surface area contributed by atoms with Gasteiger partial charge in [0.15, 0.2) is 6.54 Å². The molecule has 1 aliphatic heterocycles. The molecule has 0 bridgehead atoms. The second kappa shape index (κ2) is 7.68. The Morgan fingerprint density at radius 3 is 2.46 bits per heavy atom. The third-order valence-corrected chi connectivity index (χ3v) is 4.94. The highest BCUT2D eigenvalue weighted by Gasteiger charge is 2.22. The van der Waals surface area contributed by atoms with Crippen LogP contribution in [0.1, 0.15) is 0 Å². The van der Waals surface area contributed by atoms with Crippen LogP contribution in [0.3, 0.4) is 0 Å². The van der Waals surface area contributed by atoms with Crippen molar-refractivity contribution in [1.29, 1.82) is 0 Å². The molecule has 0 aliphatic carbocycles. The van der Waals surface area contributed by atoms with Gasteiger partial charge in [-0.2, -0.15) is 0 Å². The van der Waals surface area contributed by atoms with Crippen molar-refractivity contribution in [2.24, 2.45) is 0 Å². The molecule has 0 radical (unpaired) electrons. The molecule has 3 N–H and O–H groups in total. The maximum absolute atomic E-state index is 12.2. The molecule has 1 amide bonds. The van der Waals surface area contributed by atoms with Crippen molar-refractivity contribution in [2.45, 2.75) is 0 Å². The van der Waals surface area contributed by atoms with Crippen molar-refractivity contribution in [3.63, 3.8) is 0 Å². The highest BCUT2D eigenvalue weighted by molar-refractivity contribution is 9.10. The summed E-state index contributed by atoms with van der Waals surface area (Å²) >= 11 is 3.44. The Bertz CT molecular complexity index is 698. The lowest BCUT2D eigenvalue weighted by molar-refractivity contribution is -0.892. The zero-order valence-electron chi connectivity index (χ0n) is 13.3. The number of hydrogen-bond donors (Lipinski definition) is 3. The predicted octanol–water partition coefficient (Wildman–Crippen LogP) is 1.50. The average molecular weight is 391 g/mol. The number of carbonyl (C=O) groups excluding carboxylic acids is 1. The number of phenols is 1. The first-order valence-electron chi connectivity index (χ1n) is 8.04. The van der Waals surface area contributed by atoms with E-state index < -0.39 is 0 Å². The van der Waals surface area contributed by atoms with Gasteiger partial charge in [0.25, 0.3) is 5.91 Å². The number of piperazine rings is 1. The SMILES string of the molecule is O=C(C[NH+]1CCN(c2ccc(O)cc2)CC1)Nc1ccccc1Br. The lowest BCUT2D eigenvalue weighted by Crippen LogP contribution is -3.15. The highest BCUT2D eigenvalue weighted by Crippen LogP contribution is 2.21. The second-order valence-electron chi connectivity index (χ2n) is 5.96. The number of phenolic OH excluding ortho intramolecular Hbond substituents is 1. The number of hydrogen-bond acceptors (Lipinski definition) is 3. The average Bonchev–Trinajstić information content (AvgIpc) is 2.58. The minimum atomic E-state index is 0.0370. The summed E-state index contributed by atoms with van der Waals surface area (Å²) in [7, 11) is 0. The number of benzene rings is 2. The summed E-state index contributed by atoms with van der Waals surface area (Å²) in [4.78, 5) is 15.8. The Hall–Kier alpha value is -2.05. The van der Waals surface area contributed by atoms with Gasteiger partial charge in [-0.15, -0.1) is 0 Å². The molecular weight excluding hydrogens is 370 g/mol. The second-order valence-corrected chi connectivity index (χ2v) is 6.81. The molecule has 0 aromatic heterocycles. The molecule has 5 nitrogen and oxygen atoms in total. The number of halogens is 1. The molecule has 0 spiro atoms. The van der Waals surface area contributed by atoms with Gasteiger partial charge in [0.2, 0.25) is 0 Å². The summed E-state index contributed by atoms with van der Waals surface area (Å²) in [5, 5.41) is 12.3. The Morgan fingerprint density at radius 1 is 1.12 bits per heavy atom. The minimum absolute atomic E-state index is 0.0370. The van der Waals surface area contributed by atoms with Crippen molar-refractivity contribution >= 4 is 33.2 Å². The largest absolute Gasteiger partial charge is 0.508 e. The fourth-order valence-electron chi connectivity index (χ4n) is 2.91. The molecule has 24 heavy (non-hydrogen) atoms. The summed E-state index contributed by atoms with van der Waals surface area (Å²) in [6.07, 6.45) is 0. The number of quaternary nitrogens is 1. The number of amides is 1. The number of aromatic hydroxyl groups is 1. The first kappa shape index (κ1) is 16.8. The maximum atomic E-state index is 12.2. The smallest absolute Gasteiger partial charge is 0.279 e. The van der Waals surface area contributed by atoms with E-state index in [0.717, 1.165) is 42.0 Å². The van der Waals surface area contributed by atoms with Gasteiger partial charge in [-0.25, -0.2) is 0 Å². The van der Waals surface area contributed by atoms with Gasteiger partial charge in [-0.3, -0.25) is 4.79 Å². The number of para-hydroxylation sites is 1. The Balaban J connectivity index is 1.49. The number of nitrogens with zero attached hydrogens (tertiary/aromatic N) is 1. The van der Waals surface area contributed by atoms with Crippen LogP contribution in [0.5, 0.6) is 5.75 Å². The summed E-state index contributed by atoms with van der Waals surface area (Å²) in [5.41, 5.74) is 1.93. The Morgan fingerprint density at radius 2 is 1.79 bits per heavy atom. The van der Waals surface area contributed by atoms with E-state index in [0.29, 0.717) is 6.54 Å². The Labute approximate surface area is 150 Å². The topological polar surface area (TPSA) is 57.0 Å². The molecular formula is C18H21BrN3O2+. The number of nitrogens with one attached hydrogen (secondary N) is 2. The molecule has 2 aromatic carbocycles. The lowest BCUT2D eigenvalue weighted by atomic mass is 10.2. The summed E-state index contributed by atoms with van der Waals surface area (Å²) in [5.74, 6) is 0.321. The quantitative estimate of drug-likeness (QED) is 0.741. The maximum Gasteiger partial charge on any atom is 0.279 e. The van der Waals surface area contributed by atoms with Gasteiger partial charge in [0.05, 0.1) is 31.9 Å². The van der Waals surface area contributed by atoms with Crippen LogP contribution < -0.4 is 15.1 Å². The lowest BCUT2D eigenvalue weighted by Gasteiger charge is -2.33. The normalized spacial score (nSPS) is 15.3. The fourth-order valence-corrected chi connectivity index (χ4v) is 3.29. The molecule has 1 heterocycles. The summed E-state index contributed by atoms with van der Waals surface area (Å²) < 4.78 is 0.894. The first-order chi connectivity index (χ1) is 11.6. The van der Waals surface area contributed by atoms with Gasteiger partial charge in [-0.05, 0) is 52.3 Å². The van der Waals surface area contributed by atoms with E-state index in [1.54, 1.807) is 12.1 Å². The zero-order chi connectivity index (χ0) is 16.9. The standard InChI is InChI=1S/C18H20BrN3O2/c19-16-3-1-2-4-17(16)20-18(24)13-21-9-11-22(12-10-21)14-5-7-15(23)8-6-14/h1-8,23H,9-13H2,(H,20,24)/p+1. The van der Waals surface area contributed by atoms with E-state index in [1.165, 1.54) is 4.90 Å². The summed E-state index contributed by atoms with van der Waals surface area (Å²) in [6.45, 7) is 4.13. The third kappa shape index (κ3) is 4.27. The van der Waals surface area contributed by atoms with Gasteiger partial charge < -0.3 is 20.2 Å². The van der Waals surface area contributed by atoms with Crippen LogP contribution >= 0.6 is 15.9 Å². The molecule has 1 saturated heterocycles. The van der Waals surface area contributed by atoms with E-state index in [-0.39, 0.29) is 11.7 Å². The zero-order valence-corrected chi connectivity index (χ0v) is 14.9. The van der Waals surface area contributed by atoms with E-state index in [9.17, 15) is 9.90 Å². The van der Waals surface area contributed by atoms with E-state index in [2.05, 4.69) is 26.1 Å². The summed E-state index contributed by atoms with van der Waals surface area (Å²) in [6, 6.07) is 14.9. The van der Waals surface area contributed by atoms with E-state index >= 15 is 0 Å². The number of carbonyl (C=O) groups is 1. The van der Waals surface area contributed by atoms with Crippen molar-refractivity contribution in [3.8, 4) is 5.75 Å². The van der Waals surface area contributed by atoms with Crippen molar-refractivity contribution < 1.29 is 14.8 Å². The van der Waals surface area contributed by atoms with Crippen LogP contribution in [0.25, 0.3) is 0 Å². The third-order valence-electron chi connectivity index (χ3n) is 4.24. The van der Waals surface area contributed by atoms with Crippen molar-refractivity contribution in [1.82, 2.24) is 0 Å².